The minimum Gasteiger partial charge on any atom is -0.388 e. The van der Waals surface area contributed by atoms with Crippen molar-refractivity contribution in [3.8, 4) is 0 Å². The third-order valence-electron chi connectivity index (χ3n) is 5.54. The van der Waals surface area contributed by atoms with Crippen LogP contribution in [0.25, 0.3) is 10.9 Å². The molecule has 1 aliphatic heterocycles. The van der Waals surface area contributed by atoms with E-state index in [-0.39, 0.29) is 23.9 Å². The Bertz CT molecular complexity index is 1010. The maximum Gasteiger partial charge on any atom is 0.261 e. The largest absolute Gasteiger partial charge is 0.388 e. The van der Waals surface area contributed by atoms with Crippen LogP contribution < -0.4 is 10.9 Å². The van der Waals surface area contributed by atoms with Crippen molar-refractivity contribution in [2.75, 3.05) is 19.6 Å². The fourth-order valence-electron chi connectivity index (χ4n) is 3.71. The van der Waals surface area contributed by atoms with Crippen LogP contribution in [0.2, 0.25) is 0 Å². The van der Waals surface area contributed by atoms with Crippen LogP contribution in [-0.2, 0) is 16.1 Å². The number of carbonyl (C=O) groups is 2. The first-order valence-electron chi connectivity index (χ1n) is 10.2. The van der Waals surface area contributed by atoms with E-state index in [0.29, 0.717) is 56.2 Å². The van der Waals surface area contributed by atoms with Crippen LogP contribution in [0.1, 0.15) is 31.2 Å². The summed E-state index contributed by atoms with van der Waals surface area (Å²) in [4.78, 5) is 42.3. The van der Waals surface area contributed by atoms with E-state index >= 15 is 0 Å². The van der Waals surface area contributed by atoms with Gasteiger partial charge in [0.15, 0.2) is 0 Å². The molecule has 1 saturated heterocycles. The van der Waals surface area contributed by atoms with Crippen molar-refractivity contribution in [1.82, 2.24) is 19.8 Å². The minimum absolute atomic E-state index is 0.00445. The lowest BCUT2D eigenvalue weighted by molar-refractivity contribution is -0.136. The summed E-state index contributed by atoms with van der Waals surface area (Å²) in [7, 11) is 0. The standard InChI is InChI=1S/C22H28N4O4/c1-3-19(27)23-10-4-5-20(28)25-11-8-22(30,9-12-25)14-26-15-24-18-13-16(2)6-7-17(18)21(26)29/h3,6-7,13,15,30H,1,4-5,8-12,14H2,2H3,(H,23,27). The van der Waals surface area contributed by atoms with Crippen LogP contribution in [-0.4, -0.2) is 56.6 Å². The van der Waals surface area contributed by atoms with Gasteiger partial charge in [-0.1, -0.05) is 12.6 Å². The molecule has 1 aliphatic rings. The Morgan fingerprint density at radius 2 is 2.07 bits per heavy atom. The van der Waals surface area contributed by atoms with E-state index in [4.69, 9.17) is 0 Å². The number of amides is 2. The first kappa shape index (κ1) is 21.7. The fraction of sp³-hybridized carbons (Fsp3) is 0.455. The van der Waals surface area contributed by atoms with Crippen LogP contribution in [0, 0.1) is 6.92 Å². The second-order valence-corrected chi connectivity index (χ2v) is 7.90. The van der Waals surface area contributed by atoms with Crippen molar-refractivity contribution < 1.29 is 14.7 Å². The molecule has 0 spiro atoms. The predicted molar refractivity (Wildman–Crippen MR) is 114 cm³/mol. The highest BCUT2D eigenvalue weighted by Gasteiger charge is 2.34. The number of aromatic nitrogens is 2. The number of rotatable bonds is 7. The predicted octanol–water partition coefficient (Wildman–Crippen LogP) is 1.14. The van der Waals surface area contributed by atoms with Gasteiger partial charge in [-0.25, -0.2) is 4.98 Å². The first-order valence-corrected chi connectivity index (χ1v) is 10.2. The Labute approximate surface area is 175 Å². The zero-order valence-electron chi connectivity index (χ0n) is 17.3. The van der Waals surface area contributed by atoms with Gasteiger partial charge in [-0.2, -0.15) is 0 Å². The maximum atomic E-state index is 12.8. The average Bonchev–Trinajstić information content (AvgIpc) is 2.73. The number of carbonyl (C=O) groups excluding carboxylic acids is 2. The molecule has 2 aromatic rings. The van der Waals surface area contributed by atoms with Crippen molar-refractivity contribution in [2.24, 2.45) is 0 Å². The molecule has 0 saturated carbocycles. The molecule has 0 unspecified atom stereocenters. The third kappa shape index (κ3) is 5.13. The molecule has 0 atom stereocenters. The molecule has 0 bridgehead atoms. The summed E-state index contributed by atoms with van der Waals surface area (Å²) in [6, 6.07) is 5.50. The van der Waals surface area contributed by atoms with Crippen molar-refractivity contribution in [3.05, 3.63) is 53.1 Å². The van der Waals surface area contributed by atoms with Gasteiger partial charge in [0, 0.05) is 26.1 Å². The van der Waals surface area contributed by atoms with E-state index in [2.05, 4.69) is 16.9 Å². The molecule has 8 nitrogen and oxygen atoms in total. The summed E-state index contributed by atoms with van der Waals surface area (Å²) in [5.41, 5.74) is 0.450. The lowest BCUT2D eigenvalue weighted by Gasteiger charge is -2.38. The fourth-order valence-corrected chi connectivity index (χ4v) is 3.71. The highest BCUT2D eigenvalue weighted by Crippen LogP contribution is 2.24. The van der Waals surface area contributed by atoms with E-state index in [1.54, 1.807) is 11.0 Å². The first-order chi connectivity index (χ1) is 14.3. The normalized spacial score (nSPS) is 15.7. The van der Waals surface area contributed by atoms with Crippen molar-refractivity contribution >= 4 is 22.7 Å². The number of aryl methyl sites for hydroxylation is 1. The van der Waals surface area contributed by atoms with E-state index in [0.717, 1.165) is 5.56 Å². The highest BCUT2D eigenvalue weighted by atomic mass is 16.3. The van der Waals surface area contributed by atoms with Gasteiger partial charge in [0.25, 0.3) is 5.56 Å². The van der Waals surface area contributed by atoms with Gasteiger partial charge in [0.2, 0.25) is 11.8 Å². The lowest BCUT2D eigenvalue weighted by Crippen LogP contribution is -2.49. The molecule has 160 valence electrons. The molecule has 30 heavy (non-hydrogen) atoms. The molecule has 8 heteroatoms. The second-order valence-electron chi connectivity index (χ2n) is 7.90. The SMILES string of the molecule is C=CC(=O)NCCCC(=O)N1CCC(O)(Cn2cnc3cc(C)ccc3c2=O)CC1. The number of hydrogen-bond donors (Lipinski definition) is 2. The second kappa shape index (κ2) is 9.21. The number of nitrogens with one attached hydrogen (secondary N) is 1. The molecule has 0 aliphatic carbocycles. The number of likely N-dealkylation sites (tertiary alicyclic amines) is 1. The zero-order chi connectivity index (χ0) is 21.7. The van der Waals surface area contributed by atoms with E-state index < -0.39 is 5.60 Å². The van der Waals surface area contributed by atoms with E-state index in [1.807, 2.05) is 19.1 Å². The maximum absolute atomic E-state index is 12.8. The monoisotopic (exact) mass is 412 g/mol. The molecule has 1 fully saturated rings. The number of fused-ring (bicyclic) bond motifs is 1. The molecule has 3 rings (SSSR count). The van der Waals surface area contributed by atoms with Gasteiger partial charge in [0.05, 0.1) is 29.4 Å². The van der Waals surface area contributed by atoms with Crippen LogP contribution in [0.15, 0.2) is 42.0 Å². The van der Waals surface area contributed by atoms with Gasteiger partial charge < -0.3 is 15.3 Å². The van der Waals surface area contributed by atoms with Gasteiger partial charge in [0.1, 0.15) is 0 Å². The number of hydrogen-bond acceptors (Lipinski definition) is 5. The van der Waals surface area contributed by atoms with Gasteiger partial charge in [-0.15, -0.1) is 0 Å². The molecular weight excluding hydrogens is 384 g/mol. The van der Waals surface area contributed by atoms with Gasteiger partial charge in [-0.3, -0.25) is 19.0 Å². The Kier molecular flexibility index (Phi) is 6.66. The topological polar surface area (TPSA) is 105 Å². The Morgan fingerprint density at radius 3 is 2.77 bits per heavy atom. The number of aliphatic hydroxyl groups is 1. The summed E-state index contributed by atoms with van der Waals surface area (Å²) in [6.07, 6.45) is 4.36. The average molecular weight is 412 g/mol. The Hall–Kier alpha value is -3.00. The summed E-state index contributed by atoms with van der Waals surface area (Å²) < 4.78 is 1.46. The van der Waals surface area contributed by atoms with Gasteiger partial charge >= 0.3 is 0 Å². The zero-order valence-corrected chi connectivity index (χ0v) is 17.3. The number of nitrogens with zero attached hydrogens (tertiary/aromatic N) is 3. The van der Waals surface area contributed by atoms with Crippen molar-refractivity contribution in [2.45, 2.75) is 44.8 Å². The number of benzene rings is 1. The summed E-state index contributed by atoms with van der Waals surface area (Å²) in [6.45, 7) is 6.77. The summed E-state index contributed by atoms with van der Waals surface area (Å²) in [5.74, 6) is -0.246. The molecular formula is C22H28N4O4. The Morgan fingerprint density at radius 1 is 1.33 bits per heavy atom. The molecule has 0 radical (unpaired) electrons. The quantitative estimate of drug-likeness (QED) is 0.524. The van der Waals surface area contributed by atoms with Crippen LogP contribution in [0.3, 0.4) is 0 Å². The summed E-state index contributed by atoms with van der Waals surface area (Å²) in [5, 5.41) is 14.2. The highest BCUT2D eigenvalue weighted by molar-refractivity contribution is 5.86. The number of piperidine rings is 1. The molecule has 1 aromatic carbocycles. The summed E-state index contributed by atoms with van der Waals surface area (Å²) >= 11 is 0. The van der Waals surface area contributed by atoms with Crippen LogP contribution in [0.5, 0.6) is 0 Å². The van der Waals surface area contributed by atoms with Crippen LogP contribution >= 0.6 is 0 Å². The van der Waals surface area contributed by atoms with Crippen LogP contribution in [0.4, 0.5) is 0 Å². The third-order valence-corrected chi connectivity index (χ3v) is 5.54. The molecule has 1 aromatic heterocycles. The Balaban J connectivity index is 1.55. The van der Waals surface area contributed by atoms with Crippen molar-refractivity contribution in [1.29, 1.82) is 0 Å². The molecule has 2 heterocycles. The van der Waals surface area contributed by atoms with E-state index in [9.17, 15) is 19.5 Å². The molecule has 2 amide bonds. The molecule has 2 N–H and O–H groups in total. The van der Waals surface area contributed by atoms with Gasteiger partial charge in [-0.05, 0) is 50.0 Å². The lowest BCUT2D eigenvalue weighted by atomic mass is 9.91. The van der Waals surface area contributed by atoms with Crippen molar-refractivity contribution in [3.63, 3.8) is 0 Å². The van der Waals surface area contributed by atoms with E-state index in [1.165, 1.54) is 17.0 Å². The minimum atomic E-state index is -1.06. The smallest absolute Gasteiger partial charge is 0.261 e.